The Morgan fingerprint density at radius 1 is 1.33 bits per heavy atom. The Morgan fingerprint density at radius 3 is 2.63 bits per heavy atom. The van der Waals surface area contributed by atoms with Gasteiger partial charge in [0.2, 0.25) is 5.70 Å². The van der Waals surface area contributed by atoms with Crippen LogP contribution >= 0.6 is 0 Å². The Hall–Kier alpha value is -3.59. The minimum Gasteiger partial charge on any atom is -0.352 e. The summed E-state index contributed by atoms with van der Waals surface area (Å²) in [6, 6.07) is 7.20. The Morgan fingerprint density at radius 2 is 2.07 bits per heavy atom. The van der Waals surface area contributed by atoms with E-state index < -0.39 is 0 Å². The number of nitrogens with zero attached hydrogens (tertiary/aromatic N) is 3. The number of allylic oxidation sites excluding steroid dienone is 1. The van der Waals surface area contributed by atoms with E-state index in [0.717, 1.165) is 24.1 Å². The Balaban J connectivity index is 1.87. The van der Waals surface area contributed by atoms with E-state index in [1.54, 1.807) is 46.5 Å². The highest BCUT2D eigenvalue weighted by atomic mass is 16.2. The number of aryl methyl sites for hydroxylation is 1. The Bertz CT molecular complexity index is 985. The molecule has 0 radical (unpaired) electrons. The van der Waals surface area contributed by atoms with Crippen LogP contribution in [0.2, 0.25) is 0 Å². The summed E-state index contributed by atoms with van der Waals surface area (Å²) < 4.78 is 1.68. The number of rotatable bonds is 9. The largest absolute Gasteiger partial charge is 0.352 e. The normalized spacial score (nSPS) is 14.3. The minimum atomic E-state index is -0.367. The van der Waals surface area contributed by atoms with Gasteiger partial charge in [0, 0.05) is 55.2 Å². The molecule has 3 rings (SSSR count). The molecule has 0 bridgehead atoms. The van der Waals surface area contributed by atoms with E-state index in [1.807, 2.05) is 26.2 Å². The number of amides is 2. The third-order valence-corrected chi connectivity index (χ3v) is 4.53. The molecule has 0 saturated heterocycles. The summed E-state index contributed by atoms with van der Waals surface area (Å²) in [6.45, 7) is 2.42. The van der Waals surface area contributed by atoms with Crippen molar-refractivity contribution in [3.05, 3.63) is 65.3 Å². The van der Waals surface area contributed by atoms with E-state index in [9.17, 15) is 9.59 Å². The SMILES string of the molecule is CCNC(=O)c1ccc([NH2+]C(/C=C/c2cnn(C)c2)=C(\N=N)C(=O)NC2CC2)cc1. The third kappa shape index (κ3) is 5.71. The smallest absolute Gasteiger partial charge is 0.278 e. The van der Waals surface area contributed by atoms with Crippen LogP contribution in [0.1, 0.15) is 35.7 Å². The lowest BCUT2D eigenvalue weighted by atomic mass is 10.1. The first-order valence-corrected chi connectivity index (χ1v) is 9.82. The van der Waals surface area contributed by atoms with E-state index in [-0.39, 0.29) is 23.6 Å². The Kier molecular flexibility index (Phi) is 6.87. The summed E-state index contributed by atoms with van der Waals surface area (Å²) in [5.74, 6) is -0.504. The van der Waals surface area contributed by atoms with Gasteiger partial charge in [0.1, 0.15) is 5.69 Å². The summed E-state index contributed by atoms with van der Waals surface area (Å²) in [5.41, 5.74) is 10.3. The summed E-state index contributed by atoms with van der Waals surface area (Å²) in [4.78, 5) is 24.5. The summed E-state index contributed by atoms with van der Waals surface area (Å²) >= 11 is 0. The van der Waals surface area contributed by atoms with Gasteiger partial charge in [-0.3, -0.25) is 19.6 Å². The van der Waals surface area contributed by atoms with Crippen molar-refractivity contribution < 1.29 is 14.9 Å². The molecule has 1 aliphatic rings. The van der Waals surface area contributed by atoms with Crippen molar-refractivity contribution in [1.82, 2.24) is 20.4 Å². The van der Waals surface area contributed by atoms with E-state index in [2.05, 4.69) is 20.8 Å². The molecule has 2 amide bonds. The molecule has 0 spiro atoms. The van der Waals surface area contributed by atoms with Crippen molar-refractivity contribution in [2.75, 3.05) is 6.54 Å². The number of quaternary nitrogens is 1. The van der Waals surface area contributed by atoms with E-state index in [4.69, 9.17) is 5.53 Å². The number of hydrogen-bond donors (Lipinski definition) is 4. The number of benzene rings is 1. The van der Waals surface area contributed by atoms with Crippen molar-refractivity contribution in [3.8, 4) is 0 Å². The first-order chi connectivity index (χ1) is 14.5. The van der Waals surface area contributed by atoms with Gasteiger partial charge in [-0.25, -0.2) is 5.53 Å². The van der Waals surface area contributed by atoms with Crippen LogP contribution in [-0.4, -0.2) is 34.2 Å². The number of carbonyl (C=O) groups is 2. The predicted octanol–water partition coefficient (Wildman–Crippen LogP) is 1.60. The second-order valence-corrected chi connectivity index (χ2v) is 7.07. The second-order valence-electron chi connectivity index (χ2n) is 7.07. The molecule has 0 aliphatic heterocycles. The van der Waals surface area contributed by atoms with E-state index in [1.165, 1.54) is 0 Å². The Labute approximate surface area is 174 Å². The minimum absolute atomic E-state index is 0.0369. The van der Waals surface area contributed by atoms with Gasteiger partial charge in [0.05, 0.1) is 6.20 Å². The quantitative estimate of drug-likeness (QED) is 0.218. The van der Waals surface area contributed by atoms with Gasteiger partial charge >= 0.3 is 0 Å². The average Bonchev–Trinajstić information content (AvgIpc) is 3.45. The molecule has 1 aromatic carbocycles. The molecule has 9 heteroatoms. The number of nitrogens with one attached hydrogen (secondary N) is 3. The first kappa shape index (κ1) is 21.1. The molecule has 5 N–H and O–H groups in total. The molecule has 0 atom stereocenters. The van der Waals surface area contributed by atoms with Crippen molar-refractivity contribution in [1.29, 1.82) is 5.53 Å². The fraction of sp³-hybridized carbons (Fsp3) is 0.286. The molecule has 156 valence electrons. The van der Waals surface area contributed by atoms with Crippen LogP contribution < -0.4 is 16.0 Å². The molecule has 9 nitrogen and oxygen atoms in total. The molecule has 30 heavy (non-hydrogen) atoms. The number of aromatic nitrogens is 2. The van der Waals surface area contributed by atoms with Crippen LogP contribution in [-0.2, 0) is 11.8 Å². The average molecular weight is 408 g/mol. The summed E-state index contributed by atoms with van der Waals surface area (Å²) in [7, 11) is 1.82. The number of carbonyl (C=O) groups excluding carboxylic acids is 2. The molecule has 1 aliphatic carbocycles. The standard InChI is InChI=1S/C21H25N7O2/c1-3-23-20(29)15-5-7-16(8-6-15)25-18(11-4-14-12-24-28(2)13-14)19(27-22)21(30)26-17-9-10-17/h4-8,11-13,17,22,25H,3,9-10H2,1-2H3,(H,23,29)(H,26,30)/p+1/b11-4+,19-18-,27-22?. The fourth-order valence-corrected chi connectivity index (χ4v) is 2.81. The highest BCUT2D eigenvalue weighted by Crippen LogP contribution is 2.20. The zero-order chi connectivity index (χ0) is 21.5. The van der Waals surface area contributed by atoms with Crippen molar-refractivity contribution in [3.63, 3.8) is 0 Å². The van der Waals surface area contributed by atoms with Gasteiger partial charge < -0.3 is 10.6 Å². The van der Waals surface area contributed by atoms with Crippen LogP contribution in [0.5, 0.6) is 0 Å². The van der Waals surface area contributed by atoms with Gasteiger partial charge in [0.25, 0.3) is 11.8 Å². The lowest BCUT2D eigenvalue weighted by Crippen LogP contribution is -2.76. The molecular weight excluding hydrogens is 382 g/mol. The van der Waals surface area contributed by atoms with Gasteiger partial charge in [-0.05, 0) is 38.0 Å². The fourth-order valence-electron chi connectivity index (χ4n) is 2.81. The van der Waals surface area contributed by atoms with Crippen LogP contribution in [0.3, 0.4) is 0 Å². The van der Waals surface area contributed by atoms with Gasteiger partial charge in [-0.15, -0.1) is 5.11 Å². The first-order valence-electron chi connectivity index (χ1n) is 9.82. The lowest BCUT2D eigenvalue weighted by molar-refractivity contribution is -0.513. The van der Waals surface area contributed by atoms with Gasteiger partial charge in [-0.1, -0.05) is 0 Å². The summed E-state index contributed by atoms with van der Waals surface area (Å²) in [5, 5.41) is 15.0. The van der Waals surface area contributed by atoms with Crippen LogP contribution in [0.15, 0.2) is 59.2 Å². The van der Waals surface area contributed by atoms with Gasteiger partial charge in [0.15, 0.2) is 5.70 Å². The molecule has 1 saturated carbocycles. The zero-order valence-electron chi connectivity index (χ0n) is 17.1. The van der Waals surface area contributed by atoms with E-state index >= 15 is 0 Å². The molecule has 1 fully saturated rings. The van der Waals surface area contributed by atoms with E-state index in [0.29, 0.717) is 17.8 Å². The third-order valence-electron chi connectivity index (χ3n) is 4.53. The van der Waals surface area contributed by atoms with Crippen molar-refractivity contribution in [2.24, 2.45) is 12.2 Å². The highest BCUT2D eigenvalue weighted by Gasteiger charge is 2.27. The molecule has 1 aromatic heterocycles. The molecule has 2 aromatic rings. The molecule has 1 heterocycles. The summed E-state index contributed by atoms with van der Waals surface area (Å²) in [6.07, 6.45) is 9.01. The maximum atomic E-state index is 12.6. The van der Waals surface area contributed by atoms with Gasteiger partial charge in [-0.2, -0.15) is 5.10 Å². The van der Waals surface area contributed by atoms with Crippen LogP contribution in [0.4, 0.5) is 5.69 Å². The monoisotopic (exact) mass is 408 g/mol. The predicted molar refractivity (Wildman–Crippen MR) is 112 cm³/mol. The second kappa shape index (κ2) is 9.75. The highest BCUT2D eigenvalue weighted by molar-refractivity contribution is 5.95. The zero-order valence-corrected chi connectivity index (χ0v) is 17.1. The van der Waals surface area contributed by atoms with Crippen LogP contribution in [0, 0.1) is 5.53 Å². The lowest BCUT2D eigenvalue weighted by Gasteiger charge is -2.07. The number of hydrogen-bond acceptors (Lipinski definition) is 5. The maximum Gasteiger partial charge on any atom is 0.278 e. The molecule has 0 unspecified atom stereocenters. The maximum absolute atomic E-state index is 12.6. The van der Waals surface area contributed by atoms with Crippen molar-refractivity contribution in [2.45, 2.75) is 25.8 Å². The molecular formula is C21H26N7O2+. The number of nitrogens with two attached hydrogens (primary N) is 1. The topological polar surface area (TPSA) is 129 Å². The van der Waals surface area contributed by atoms with Crippen LogP contribution in [0.25, 0.3) is 6.08 Å². The van der Waals surface area contributed by atoms with Crippen molar-refractivity contribution >= 4 is 23.6 Å².